The first-order valence-electron chi connectivity index (χ1n) is 6.65. The lowest BCUT2D eigenvalue weighted by Crippen LogP contribution is -2.37. The number of carbonyl (C=O) groups is 1. The number of hydrogen-bond donors (Lipinski definition) is 2. The van der Waals surface area contributed by atoms with E-state index in [1.807, 2.05) is 0 Å². The van der Waals surface area contributed by atoms with Crippen LogP contribution >= 0.6 is 0 Å². The second-order valence-electron chi connectivity index (χ2n) is 5.34. The van der Waals surface area contributed by atoms with E-state index in [0.29, 0.717) is 11.2 Å². The Morgan fingerprint density at radius 1 is 1.23 bits per heavy atom. The molecule has 0 aromatic carbocycles. The molecule has 0 saturated heterocycles. The number of rotatable bonds is 2. The van der Waals surface area contributed by atoms with Crippen molar-refractivity contribution in [2.24, 2.45) is 32.8 Å². The zero-order chi connectivity index (χ0) is 17.2. The van der Waals surface area contributed by atoms with Gasteiger partial charge >= 0.3 is 11.7 Å². The molecule has 0 unspecified atom stereocenters. The third kappa shape index (κ3) is 3.25. The summed E-state index contributed by atoms with van der Waals surface area (Å²) in [6.45, 7) is 3.55. The average molecular weight is 311 g/mol. The van der Waals surface area contributed by atoms with Gasteiger partial charge in [0, 0.05) is 21.1 Å². The molecule has 0 aliphatic rings. The van der Waals surface area contributed by atoms with E-state index in [9.17, 15) is 14.4 Å². The van der Waals surface area contributed by atoms with E-state index in [-0.39, 0.29) is 17.2 Å². The first kappa shape index (κ1) is 17.6. The molecule has 0 saturated carbocycles. The quantitative estimate of drug-likeness (QED) is 0.734. The Labute approximate surface area is 126 Å². The van der Waals surface area contributed by atoms with Gasteiger partial charge in [-0.15, -0.1) is 0 Å². The molecule has 2 rings (SSSR count). The Bertz CT molecular complexity index is 799. The topological polar surface area (TPSA) is 125 Å². The first-order chi connectivity index (χ1) is 10.1. The fraction of sp³-hybridized carbons (Fsp3) is 0.538. The molecule has 0 radical (unpaired) electrons. The minimum Gasteiger partial charge on any atom is -0.480 e. The first-order valence-corrected chi connectivity index (χ1v) is 6.65. The van der Waals surface area contributed by atoms with Crippen LogP contribution in [0, 0.1) is 5.92 Å². The van der Waals surface area contributed by atoms with Crippen molar-refractivity contribution in [3.05, 3.63) is 27.2 Å². The van der Waals surface area contributed by atoms with E-state index in [1.54, 1.807) is 32.5 Å². The lowest BCUT2D eigenvalue weighted by molar-refractivity contribution is -0.139. The monoisotopic (exact) mass is 311 g/mol. The zero-order valence-corrected chi connectivity index (χ0v) is 13.3. The van der Waals surface area contributed by atoms with E-state index in [1.165, 1.54) is 17.9 Å². The molecule has 2 aromatic heterocycles. The van der Waals surface area contributed by atoms with E-state index in [4.69, 9.17) is 10.8 Å². The summed E-state index contributed by atoms with van der Waals surface area (Å²) in [6, 6.07) is -0.713. The van der Waals surface area contributed by atoms with Crippen molar-refractivity contribution in [2.75, 3.05) is 0 Å². The number of carboxylic acids is 1. The molecule has 9 heteroatoms. The molecular formula is C13H21N5O4. The summed E-state index contributed by atoms with van der Waals surface area (Å²) < 4.78 is 4.04. The molecule has 1 atom stereocenters. The van der Waals surface area contributed by atoms with Crippen LogP contribution in [0.15, 0.2) is 15.9 Å². The molecule has 0 aliphatic carbocycles. The summed E-state index contributed by atoms with van der Waals surface area (Å²) >= 11 is 0. The fourth-order valence-corrected chi connectivity index (χ4v) is 1.76. The molecule has 22 heavy (non-hydrogen) atoms. The van der Waals surface area contributed by atoms with Gasteiger partial charge in [0.15, 0.2) is 11.2 Å². The summed E-state index contributed by atoms with van der Waals surface area (Å²) in [5.74, 6) is -0.910. The maximum absolute atomic E-state index is 11.7. The summed E-state index contributed by atoms with van der Waals surface area (Å²) in [5.41, 5.74) is 5.34. The van der Waals surface area contributed by atoms with Gasteiger partial charge in [-0.1, -0.05) is 13.8 Å². The average Bonchev–Trinajstić information content (AvgIpc) is 2.84. The Hall–Kier alpha value is -2.42. The van der Waals surface area contributed by atoms with E-state index < -0.39 is 12.0 Å². The summed E-state index contributed by atoms with van der Waals surface area (Å²) in [6.07, 6.45) is 1.52. The predicted octanol–water partition coefficient (Wildman–Crippen LogP) is -0.975. The molecular weight excluding hydrogens is 290 g/mol. The smallest absolute Gasteiger partial charge is 0.332 e. The summed E-state index contributed by atoms with van der Waals surface area (Å²) in [7, 11) is 4.77. The number of aliphatic carboxylic acids is 1. The Kier molecular flexibility index (Phi) is 5.26. The van der Waals surface area contributed by atoms with Crippen LogP contribution in [0.1, 0.15) is 13.8 Å². The van der Waals surface area contributed by atoms with Crippen molar-refractivity contribution in [1.29, 1.82) is 0 Å². The van der Waals surface area contributed by atoms with Gasteiger partial charge in [0.05, 0.1) is 6.33 Å². The SMILES string of the molecule is CC(C)[C@H](N)C(=O)O.Cn1c(=O)c2c(ncn2C)n(C)c1=O. The number of imidazole rings is 1. The van der Waals surface area contributed by atoms with Crippen molar-refractivity contribution in [1.82, 2.24) is 18.7 Å². The van der Waals surface area contributed by atoms with Crippen LogP contribution in [0.4, 0.5) is 0 Å². The molecule has 2 aromatic rings. The molecule has 122 valence electrons. The van der Waals surface area contributed by atoms with Gasteiger partial charge < -0.3 is 15.4 Å². The van der Waals surface area contributed by atoms with Crippen molar-refractivity contribution in [3.63, 3.8) is 0 Å². The molecule has 2 heterocycles. The van der Waals surface area contributed by atoms with Crippen LogP contribution in [0.25, 0.3) is 11.2 Å². The highest BCUT2D eigenvalue weighted by Gasteiger charge is 2.14. The standard InChI is InChI=1S/C8H10N4O2.C5H11NO2/c1-10-4-9-6-5(10)7(13)12(3)8(14)11(6)2;1-3(2)4(6)5(7)8/h4H,1-3H3;3-4H,6H2,1-2H3,(H,7,8)/t;4-/m.0/s1. The van der Waals surface area contributed by atoms with Gasteiger partial charge in [-0.2, -0.15) is 0 Å². The van der Waals surface area contributed by atoms with Crippen LogP contribution in [0.2, 0.25) is 0 Å². The minimum atomic E-state index is -0.931. The van der Waals surface area contributed by atoms with Crippen molar-refractivity contribution in [2.45, 2.75) is 19.9 Å². The molecule has 0 bridgehead atoms. The lowest BCUT2D eigenvalue weighted by Gasteiger charge is -2.07. The molecule has 0 fully saturated rings. The van der Waals surface area contributed by atoms with E-state index >= 15 is 0 Å². The third-order valence-corrected chi connectivity index (χ3v) is 3.32. The molecule has 0 aliphatic heterocycles. The summed E-state index contributed by atoms with van der Waals surface area (Å²) in [5, 5.41) is 8.23. The Morgan fingerprint density at radius 2 is 1.77 bits per heavy atom. The zero-order valence-electron chi connectivity index (χ0n) is 13.3. The maximum Gasteiger partial charge on any atom is 0.332 e. The minimum absolute atomic E-state index is 0.0208. The second kappa shape index (κ2) is 6.56. The van der Waals surface area contributed by atoms with Gasteiger partial charge in [0.2, 0.25) is 0 Å². The summed E-state index contributed by atoms with van der Waals surface area (Å²) in [4.78, 5) is 37.2. The number of aryl methyl sites for hydroxylation is 2. The molecule has 9 nitrogen and oxygen atoms in total. The molecule has 3 N–H and O–H groups in total. The molecule has 0 amide bonds. The van der Waals surface area contributed by atoms with Crippen LogP contribution < -0.4 is 17.0 Å². The normalized spacial score (nSPS) is 12.1. The highest BCUT2D eigenvalue weighted by Crippen LogP contribution is 2.01. The van der Waals surface area contributed by atoms with Gasteiger partial charge in [-0.05, 0) is 5.92 Å². The largest absolute Gasteiger partial charge is 0.480 e. The number of hydrogen-bond acceptors (Lipinski definition) is 5. The second-order valence-corrected chi connectivity index (χ2v) is 5.34. The Balaban J connectivity index is 0.000000261. The van der Waals surface area contributed by atoms with E-state index in [0.717, 1.165) is 4.57 Å². The fourth-order valence-electron chi connectivity index (χ4n) is 1.76. The number of fused-ring (bicyclic) bond motifs is 1. The van der Waals surface area contributed by atoms with Gasteiger partial charge in [0.25, 0.3) is 5.56 Å². The maximum atomic E-state index is 11.7. The number of nitrogens with zero attached hydrogens (tertiary/aromatic N) is 4. The number of carboxylic acid groups (broad SMARTS) is 1. The van der Waals surface area contributed by atoms with Crippen molar-refractivity contribution in [3.8, 4) is 0 Å². The number of nitrogens with two attached hydrogens (primary N) is 1. The molecule has 0 spiro atoms. The van der Waals surface area contributed by atoms with Crippen LogP contribution in [0.5, 0.6) is 0 Å². The third-order valence-electron chi connectivity index (χ3n) is 3.32. The van der Waals surface area contributed by atoms with Crippen molar-refractivity contribution >= 4 is 17.1 Å². The predicted molar refractivity (Wildman–Crippen MR) is 81.6 cm³/mol. The Morgan fingerprint density at radius 3 is 2.18 bits per heavy atom. The van der Waals surface area contributed by atoms with Gasteiger partial charge in [-0.25, -0.2) is 9.78 Å². The van der Waals surface area contributed by atoms with Gasteiger partial charge in [0.1, 0.15) is 6.04 Å². The highest BCUT2D eigenvalue weighted by atomic mass is 16.4. The lowest BCUT2D eigenvalue weighted by atomic mass is 10.1. The van der Waals surface area contributed by atoms with Crippen LogP contribution in [-0.4, -0.2) is 35.8 Å². The van der Waals surface area contributed by atoms with Crippen molar-refractivity contribution < 1.29 is 9.90 Å². The van der Waals surface area contributed by atoms with Crippen LogP contribution in [-0.2, 0) is 25.9 Å². The van der Waals surface area contributed by atoms with Crippen LogP contribution in [0.3, 0.4) is 0 Å². The van der Waals surface area contributed by atoms with Gasteiger partial charge in [-0.3, -0.25) is 18.7 Å². The highest BCUT2D eigenvalue weighted by molar-refractivity contribution is 5.73. The number of aromatic nitrogens is 4. The van der Waals surface area contributed by atoms with E-state index in [2.05, 4.69) is 4.98 Å².